The van der Waals surface area contributed by atoms with Gasteiger partial charge in [0.25, 0.3) is 0 Å². The van der Waals surface area contributed by atoms with Gasteiger partial charge in [0, 0.05) is 0 Å². The number of halogens is 1. The molecule has 0 saturated heterocycles. The number of benzene rings is 2. The monoisotopic (exact) mass is 309 g/mol. The summed E-state index contributed by atoms with van der Waals surface area (Å²) in [7, 11) is 0. The number of carbonyl (C=O) groups excluding carboxylic acids is 1. The SMILES string of the molecule is O=C([I+]c1ccccc1)c1ccccc1. The standard InChI is InChI=1S/C13H10IO/c15-13(11-7-3-1-4-8-11)14-12-9-5-2-6-10-12/h1-10H/q+1. The van der Waals surface area contributed by atoms with E-state index in [4.69, 9.17) is 0 Å². The van der Waals surface area contributed by atoms with Crippen molar-refractivity contribution in [3.05, 3.63) is 69.8 Å². The third kappa shape index (κ3) is 2.89. The van der Waals surface area contributed by atoms with Crippen LogP contribution in [0.15, 0.2) is 60.7 Å². The van der Waals surface area contributed by atoms with Crippen molar-refractivity contribution in [1.29, 1.82) is 0 Å². The minimum absolute atomic E-state index is 0.278. The van der Waals surface area contributed by atoms with Gasteiger partial charge in [0.1, 0.15) is 0 Å². The summed E-state index contributed by atoms with van der Waals surface area (Å²) in [6, 6.07) is 19.5. The zero-order chi connectivity index (χ0) is 10.5. The average Bonchev–Trinajstić information content (AvgIpc) is 2.31. The quantitative estimate of drug-likeness (QED) is 0.566. The topological polar surface area (TPSA) is 17.1 Å². The Labute approximate surface area is 99.4 Å². The van der Waals surface area contributed by atoms with Crippen molar-refractivity contribution in [3.63, 3.8) is 0 Å². The first-order valence-electron chi connectivity index (χ1n) is 4.65. The van der Waals surface area contributed by atoms with Crippen LogP contribution in [0.5, 0.6) is 0 Å². The third-order valence-corrected chi connectivity index (χ3v) is 4.38. The van der Waals surface area contributed by atoms with Crippen molar-refractivity contribution in [3.8, 4) is 0 Å². The number of carbonyl (C=O) groups is 1. The Hall–Kier alpha value is -1.16. The molecule has 0 fully saturated rings. The van der Waals surface area contributed by atoms with Crippen LogP contribution in [0.1, 0.15) is 10.4 Å². The molecule has 0 radical (unpaired) electrons. The first-order chi connectivity index (χ1) is 7.36. The number of hydrogen-bond donors (Lipinski definition) is 0. The van der Waals surface area contributed by atoms with Crippen LogP contribution in [-0.4, -0.2) is 3.79 Å². The van der Waals surface area contributed by atoms with Gasteiger partial charge in [-0.2, -0.15) is 0 Å². The van der Waals surface area contributed by atoms with E-state index in [1.807, 2.05) is 60.7 Å². The normalized spacial score (nSPS) is 9.87. The van der Waals surface area contributed by atoms with Gasteiger partial charge in [0.15, 0.2) is 3.57 Å². The Balaban J connectivity index is 2.12. The number of hydrogen-bond acceptors (Lipinski definition) is 1. The van der Waals surface area contributed by atoms with Gasteiger partial charge >= 0.3 is 25.0 Å². The molecule has 0 aliphatic heterocycles. The van der Waals surface area contributed by atoms with E-state index in [-0.39, 0.29) is 3.79 Å². The number of rotatable bonds is 3. The molecule has 0 aromatic heterocycles. The average molecular weight is 309 g/mol. The fourth-order valence-electron chi connectivity index (χ4n) is 1.20. The Morgan fingerprint density at radius 2 is 1.33 bits per heavy atom. The van der Waals surface area contributed by atoms with E-state index < -0.39 is 21.2 Å². The minimum atomic E-state index is -0.554. The van der Waals surface area contributed by atoms with Crippen molar-refractivity contribution in [2.24, 2.45) is 0 Å². The van der Waals surface area contributed by atoms with E-state index in [9.17, 15) is 4.79 Å². The molecule has 2 heteroatoms. The first-order valence-corrected chi connectivity index (χ1v) is 6.81. The molecule has 0 atom stereocenters. The molecule has 74 valence electrons. The van der Waals surface area contributed by atoms with Crippen LogP contribution in [-0.2, 0) is 0 Å². The summed E-state index contributed by atoms with van der Waals surface area (Å²) < 4.78 is 1.45. The summed E-state index contributed by atoms with van der Waals surface area (Å²) in [5.41, 5.74) is 0.828. The summed E-state index contributed by atoms with van der Waals surface area (Å²) in [5.74, 6) is 0. The molecule has 0 bridgehead atoms. The Morgan fingerprint density at radius 1 is 0.800 bits per heavy atom. The predicted octanol–water partition coefficient (Wildman–Crippen LogP) is -0.214. The predicted molar refractivity (Wildman–Crippen MR) is 55.9 cm³/mol. The Kier molecular flexibility index (Phi) is 3.50. The van der Waals surface area contributed by atoms with E-state index in [2.05, 4.69) is 0 Å². The van der Waals surface area contributed by atoms with E-state index in [1.54, 1.807) is 0 Å². The van der Waals surface area contributed by atoms with Crippen LogP contribution >= 0.6 is 0 Å². The van der Waals surface area contributed by atoms with Crippen molar-refractivity contribution < 1.29 is 26.0 Å². The molecule has 0 saturated carbocycles. The third-order valence-electron chi connectivity index (χ3n) is 1.93. The van der Waals surface area contributed by atoms with E-state index in [1.165, 1.54) is 3.57 Å². The lowest BCUT2D eigenvalue weighted by atomic mass is 10.2. The fraction of sp³-hybridized carbons (Fsp3) is 0. The largest absolute Gasteiger partial charge is 0.405 e. The van der Waals surface area contributed by atoms with E-state index >= 15 is 0 Å². The molecular formula is C13H10IO+. The molecule has 0 N–H and O–H groups in total. The Bertz CT molecular complexity index is 437. The highest BCUT2D eigenvalue weighted by Crippen LogP contribution is 1.94. The summed E-state index contributed by atoms with van der Waals surface area (Å²) in [4.78, 5) is 11.9. The molecule has 0 spiro atoms. The van der Waals surface area contributed by atoms with E-state index in [0.29, 0.717) is 0 Å². The van der Waals surface area contributed by atoms with Gasteiger partial charge in [-0.05, 0) is 24.3 Å². The van der Waals surface area contributed by atoms with Crippen LogP contribution in [0.3, 0.4) is 0 Å². The highest BCUT2D eigenvalue weighted by Gasteiger charge is 2.24. The first kappa shape index (κ1) is 10.4. The van der Waals surface area contributed by atoms with Gasteiger partial charge in [-0.25, -0.2) is 4.79 Å². The second-order valence-electron chi connectivity index (χ2n) is 3.03. The summed E-state index contributed by atoms with van der Waals surface area (Å²) >= 11 is -0.554. The minimum Gasteiger partial charge on any atom is -0.234 e. The highest BCUT2D eigenvalue weighted by atomic mass is 127. The van der Waals surface area contributed by atoms with Gasteiger partial charge in [0.05, 0.1) is 5.56 Å². The molecular weight excluding hydrogens is 299 g/mol. The molecule has 2 rings (SSSR count). The zero-order valence-electron chi connectivity index (χ0n) is 8.06. The molecule has 15 heavy (non-hydrogen) atoms. The molecule has 2 aromatic carbocycles. The van der Waals surface area contributed by atoms with Crippen LogP contribution in [0, 0.1) is 3.57 Å². The lowest BCUT2D eigenvalue weighted by molar-refractivity contribution is -0.523. The summed E-state index contributed by atoms with van der Waals surface area (Å²) in [6.45, 7) is 0. The second kappa shape index (κ2) is 5.07. The van der Waals surface area contributed by atoms with Crippen molar-refractivity contribution in [2.75, 3.05) is 0 Å². The van der Waals surface area contributed by atoms with Gasteiger partial charge in [-0.1, -0.05) is 36.4 Å². The molecule has 0 amide bonds. The van der Waals surface area contributed by atoms with E-state index in [0.717, 1.165) is 5.56 Å². The highest BCUT2D eigenvalue weighted by molar-refractivity contribution is 5.86. The fourth-order valence-corrected chi connectivity index (χ4v) is 3.21. The maximum absolute atomic E-state index is 11.9. The lowest BCUT2D eigenvalue weighted by Crippen LogP contribution is -3.64. The van der Waals surface area contributed by atoms with Gasteiger partial charge < -0.3 is 0 Å². The van der Waals surface area contributed by atoms with Crippen LogP contribution in [0.4, 0.5) is 0 Å². The van der Waals surface area contributed by atoms with Crippen molar-refractivity contribution in [2.45, 2.75) is 0 Å². The van der Waals surface area contributed by atoms with Gasteiger partial charge in [-0.3, -0.25) is 0 Å². The molecule has 0 aliphatic rings. The second-order valence-corrected chi connectivity index (χ2v) is 5.79. The van der Waals surface area contributed by atoms with Crippen LogP contribution in [0.2, 0.25) is 0 Å². The molecule has 0 aliphatic carbocycles. The van der Waals surface area contributed by atoms with Gasteiger partial charge in [0.2, 0.25) is 0 Å². The maximum atomic E-state index is 11.9. The van der Waals surface area contributed by atoms with Crippen LogP contribution in [0.25, 0.3) is 0 Å². The smallest absolute Gasteiger partial charge is 0.234 e. The maximum Gasteiger partial charge on any atom is 0.405 e. The molecule has 1 nitrogen and oxygen atoms in total. The van der Waals surface area contributed by atoms with Gasteiger partial charge in [-0.15, -0.1) is 0 Å². The van der Waals surface area contributed by atoms with Crippen molar-refractivity contribution >= 4 is 3.79 Å². The zero-order valence-corrected chi connectivity index (χ0v) is 10.2. The summed E-state index contributed by atoms with van der Waals surface area (Å²) in [6.07, 6.45) is 0. The van der Waals surface area contributed by atoms with Crippen molar-refractivity contribution in [1.82, 2.24) is 0 Å². The summed E-state index contributed by atoms with van der Waals surface area (Å²) in [5, 5.41) is 0. The lowest BCUT2D eigenvalue weighted by Gasteiger charge is -1.87. The van der Waals surface area contributed by atoms with Crippen LogP contribution < -0.4 is 21.2 Å². The Morgan fingerprint density at radius 3 is 1.93 bits per heavy atom. The molecule has 0 unspecified atom stereocenters. The molecule has 2 aromatic rings. The molecule has 0 heterocycles.